The summed E-state index contributed by atoms with van der Waals surface area (Å²) in [5.41, 5.74) is 4.39. The van der Waals surface area contributed by atoms with Gasteiger partial charge in [0.05, 0.1) is 29.4 Å². The van der Waals surface area contributed by atoms with Gasteiger partial charge in [0.1, 0.15) is 11.8 Å². The predicted molar refractivity (Wildman–Crippen MR) is 145 cm³/mol. The molecule has 0 radical (unpaired) electrons. The Kier molecular flexibility index (Phi) is 6.29. The number of aliphatic hydroxyl groups excluding tert-OH is 1. The van der Waals surface area contributed by atoms with Crippen molar-refractivity contribution in [1.82, 2.24) is 20.2 Å². The van der Waals surface area contributed by atoms with Crippen LogP contribution < -0.4 is 0 Å². The van der Waals surface area contributed by atoms with E-state index in [1.165, 1.54) is 0 Å². The van der Waals surface area contributed by atoms with Crippen LogP contribution in [0.1, 0.15) is 47.0 Å². The number of carboxylic acid groups (broad SMARTS) is 1. The molecule has 39 heavy (non-hydrogen) atoms. The molecule has 2 N–H and O–H groups in total. The Morgan fingerprint density at radius 3 is 2.54 bits per heavy atom. The van der Waals surface area contributed by atoms with Crippen molar-refractivity contribution in [1.29, 1.82) is 0 Å². The fraction of sp³-hybridized carbons (Fsp3) is 0.200. The number of carbonyl (C=O) groups is 1. The monoisotopic (exact) mass is 540 g/mol. The van der Waals surface area contributed by atoms with Gasteiger partial charge in [0.2, 0.25) is 0 Å². The minimum absolute atomic E-state index is 0.330. The molecule has 6 rings (SSSR count). The maximum absolute atomic E-state index is 12.1. The Bertz CT molecular complexity index is 1670. The summed E-state index contributed by atoms with van der Waals surface area (Å²) in [6.45, 7) is 2.15. The van der Waals surface area contributed by atoms with Gasteiger partial charge in [0.15, 0.2) is 5.76 Å². The molecule has 1 unspecified atom stereocenters. The van der Waals surface area contributed by atoms with Crippen LogP contribution in [-0.4, -0.2) is 36.3 Å². The summed E-state index contributed by atoms with van der Waals surface area (Å²) in [5, 5.41) is 34.6. The molecule has 9 heteroatoms. The van der Waals surface area contributed by atoms with E-state index in [4.69, 9.17) is 16.1 Å². The van der Waals surface area contributed by atoms with Crippen molar-refractivity contribution >= 4 is 17.6 Å². The van der Waals surface area contributed by atoms with Crippen LogP contribution >= 0.6 is 11.6 Å². The van der Waals surface area contributed by atoms with Crippen molar-refractivity contribution in [3.63, 3.8) is 0 Å². The molecule has 0 amide bonds. The van der Waals surface area contributed by atoms with E-state index in [9.17, 15) is 15.0 Å². The summed E-state index contributed by atoms with van der Waals surface area (Å²) in [4.78, 5) is 12.1. The van der Waals surface area contributed by atoms with E-state index in [0.717, 1.165) is 16.7 Å². The zero-order valence-corrected chi connectivity index (χ0v) is 21.8. The van der Waals surface area contributed by atoms with Gasteiger partial charge in [-0.2, -0.15) is 0 Å². The molecule has 196 valence electrons. The highest BCUT2D eigenvalue weighted by Gasteiger charge is 2.52. The van der Waals surface area contributed by atoms with E-state index in [-0.39, 0.29) is 0 Å². The third kappa shape index (κ3) is 4.51. The molecule has 1 aliphatic carbocycles. The molecule has 0 aliphatic heterocycles. The Hall–Kier alpha value is -4.27. The van der Waals surface area contributed by atoms with Crippen LogP contribution in [0.2, 0.25) is 5.02 Å². The Balaban J connectivity index is 1.42. The second-order valence-corrected chi connectivity index (χ2v) is 10.3. The van der Waals surface area contributed by atoms with E-state index >= 15 is 0 Å². The van der Waals surface area contributed by atoms with Crippen molar-refractivity contribution < 1.29 is 19.5 Å². The van der Waals surface area contributed by atoms with Crippen molar-refractivity contribution in [2.24, 2.45) is 0 Å². The molecule has 0 spiro atoms. The lowest BCUT2D eigenvalue weighted by molar-refractivity contribution is -0.140. The molecule has 3 aromatic carbocycles. The van der Waals surface area contributed by atoms with Crippen LogP contribution in [0, 0.1) is 6.92 Å². The largest absolute Gasteiger partial charge is 0.481 e. The summed E-state index contributed by atoms with van der Waals surface area (Å²) in [7, 11) is 0. The molecular formula is C30H25ClN4O4. The van der Waals surface area contributed by atoms with Gasteiger partial charge in [-0.3, -0.25) is 4.79 Å². The lowest BCUT2D eigenvalue weighted by atomic mass is 9.88. The van der Waals surface area contributed by atoms with Crippen LogP contribution in [-0.2, 0) is 16.8 Å². The third-order valence-corrected chi connectivity index (χ3v) is 7.74. The summed E-state index contributed by atoms with van der Waals surface area (Å²) in [6, 6.07) is 22.9. The predicted octanol–water partition coefficient (Wildman–Crippen LogP) is 5.81. The van der Waals surface area contributed by atoms with Crippen LogP contribution in [0.3, 0.4) is 0 Å². The molecule has 1 saturated carbocycles. The molecule has 1 aliphatic rings. The number of aliphatic hydroxyl groups is 1. The van der Waals surface area contributed by atoms with Crippen LogP contribution in [0.25, 0.3) is 22.5 Å². The highest BCUT2D eigenvalue weighted by atomic mass is 35.5. The summed E-state index contributed by atoms with van der Waals surface area (Å²) in [6.07, 6.45) is 1.65. The first-order valence-electron chi connectivity index (χ1n) is 12.6. The second-order valence-electron chi connectivity index (χ2n) is 9.86. The van der Waals surface area contributed by atoms with Gasteiger partial charge in [0.25, 0.3) is 0 Å². The van der Waals surface area contributed by atoms with Crippen molar-refractivity contribution in [2.45, 2.75) is 37.8 Å². The van der Waals surface area contributed by atoms with E-state index in [0.29, 0.717) is 58.2 Å². The number of aromatic nitrogens is 4. The number of rotatable bonds is 8. The minimum Gasteiger partial charge on any atom is -0.481 e. The topological polar surface area (TPSA) is 114 Å². The number of nitrogens with zero attached hydrogens (tertiary/aromatic N) is 4. The standard InChI is InChI=1S/C30H25ClN4O4/c1-18-26(27(36)25-17-35(34-32-25)16-20-9-5-6-10-24(20)31)28(39-33-18)23-15-21(30(13-14-30)29(37)38)11-12-22(23)19-7-3-2-4-8-19/h2-12,15,17,27,36H,13-14,16H2,1H3,(H,37,38). The van der Waals surface area contributed by atoms with Crippen LogP contribution in [0.5, 0.6) is 0 Å². The normalized spacial score (nSPS) is 14.7. The van der Waals surface area contributed by atoms with E-state index in [1.807, 2.05) is 72.8 Å². The fourth-order valence-electron chi connectivity index (χ4n) is 5.01. The molecule has 5 aromatic rings. The SMILES string of the molecule is Cc1noc(-c2cc(C3(C(=O)O)CC3)ccc2-c2ccccc2)c1C(O)c1cn(Cc2ccccc2Cl)nn1. The zero-order valence-electron chi connectivity index (χ0n) is 21.1. The number of halogens is 1. The van der Waals surface area contributed by atoms with Gasteiger partial charge >= 0.3 is 5.97 Å². The molecular weight excluding hydrogens is 516 g/mol. The van der Waals surface area contributed by atoms with E-state index in [1.54, 1.807) is 17.8 Å². The van der Waals surface area contributed by atoms with Gasteiger partial charge in [-0.05, 0) is 54.2 Å². The number of aryl methyl sites for hydroxylation is 1. The van der Waals surface area contributed by atoms with Crippen LogP contribution in [0.15, 0.2) is 83.5 Å². The maximum atomic E-state index is 12.1. The first-order chi connectivity index (χ1) is 18.9. The van der Waals surface area contributed by atoms with Gasteiger partial charge in [-0.15, -0.1) is 5.10 Å². The van der Waals surface area contributed by atoms with Gasteiger partial charge in [-0.25, -0.2) is 4.68 Å². The quantitative estimate of drug-likeness (QED) is 0.255. The minimum atomic E-state index is -1.17. The molecule has 0 saturated heterocycles. The summed E-state index contributed by atoms with van der Waals surface area (Å²) < 4.78 is 7.44. The van der Waals surface area contributed by atoms with E-state index < -0.39 is 17.5 Å². The van der Waals surface area contributed by atoms with Gasteiger partial charge < -0.3 is 14.7 Å². The summed E-state index contributed by atoms with van der Waals surface area (Å²) >= 11 is 6.30. The fourth-order valence-corrected chi connectivity index (χ4v) is 5.20. The highest BCUT2D eigenvalue weighted by Crippen LogP contribution is 2.50. The molecule has 2 heterocycles. The molecule has 1 atom stereocenters. The van der Waals surface area contributed by atoms with Crippen molar-refractivity contribution in [3.8, 4) is 22.5 Å². The second kappa shape index (κ2) is 9.80. The molecule has 8 nitrogen and oxygen atoms in total. The average Bonchev–Trinajstić information content (AvgIpc) is 3.49. The molecule has 2 aromatic heterocycles. The lowest BCUT2D eigenvalue weighted by Gasteiger charge is -2.16. The van der Waals surface area contributed by atoms with Crippen LogP contribution in [0.4, 0.5) is 0 Å². The number of aliphatic carboxylic acids is 1. The molecule has 0 bridgehead atoms. The number of carboxylic acids is 1. The first-order valence-corrected chi connectivity index (χ1v) is 13.0. The smallest absolute Gasteiger partial charge is 0.314 e. The van der Waals surface area contributed by atoms with Crippen molar-refractivity contribution in [3.05, 3.63) is 112 Å². The van der Waals surface area contributed by atoms with E-state index in [2.05, 4.69) is 15.5 Å². The Morgan fingerprint density at radius 1 is 1.08 bits per heavy atom. The van der Waals surface area contributed by atoms with Gasteiger partial charge in [-0.1, -0.05) is 82.6 Å². The lowest BCUT2D eigenvalue weighted by Crippen LogP contribution is -2.19. The number of hydrogen-bond donors (Lipinski definition) is 2. The third-order valence-electron chi connectivity index (χ3n) is 7.37. The zero-order chi connectivity index (χ0) is 27.1. The average molecular weight is 541 g/mol. The Morgan fingerprint density at radius 2 is 1.82 bits per heavy atom. The summed E-state index contributed by atoms with van der Waals surface area (Å²) in [5.74, 6) is -0.479. The maximum Gasteiger partial charge on any atom is 0.314 e. The number of hydrogen-bond acceptors (Lipinski definition) is 6. The first kappa shape index (κ1) is 25.0. The number of benzene rings is 3. The van der Waals surface area contributed by atoms with Gasteiger partial charge in [0, 0.05) is 10.6 Å². The molecule has 1 fully saturated rings. The Labute approximate surface area is 229 Å². The highest BCUT2D eigenvalue weighted by molar-refractivity contribution is 6.31. The van der Waals surface area contributed by atoms with Crippen molar-refractivity contribution in [2.75, 3.05) is 0 Å².